The van der Waals surface area contributed by atoms with Crippen LogP contribution in [0, 0.1) is 0 Å². The van der Waals surface area contributed by atoms with E-state index in [-0.39, 0.29) is 10.7 Å². The number of carbonyl (C=O) groups excluding carboxylic acids is 1. The number of rotatable bonds is 3. The van der Waals surface area contributed by atoms with Gasteiger partial charge in [-0.1, -0.05) is 0 Å². The van der Waals surface area contributed by atoms with Crippen molar-refractivity contribution in [2.45, 2.75) is 25.0 Å². The molecular weight excluding hydrogens is 284 g/mol. The van der Waals surface area contributed by atoms with E-state index in [0.717, 1.165) is 4.68 Å². The van der Waals surface area contributed by atoms with Gasteiger partial charge in [-0.25, -0.2) is 17.6 Å². The van der Waals surface area contributed by atoms with Gasteiger partial charge in [0.05, 0.1) is 0 Å². The number of nitrogens with zero attached hydrogens (tertiary/aromatic N) is 4. The maximum Gasteiger partial charge on any atom is 0.295 e. The number of aliphatic hydroxyl groups is 1. The third-order valence-corrected chi connectivity index (χ3v) is 2.87. The van der Waals surface area contributed by atoms with Crippen LogP contribution in [-0.4, -0.2) is 50.1 Å². The van der Waals surface area contributed by atoms with Crippen LogP contribution < -0.4 is 0 Å². The minimum atomic E-state index is -3.44. The van der Waals surface area contributed by atoms with E-state index in [2.05, 4.69) is 10.2 Å². The lowest BCUT2D eigenvalue weighted by atomic mass is 10.1. The zero-order valence-electron chi connectivity index (χ0n) is 10.2. The summed E-state index contributed by atoms with van der Waals surface area (Å²) < 4.78 is 52.0. The second-order valence-electron chi connectivity index (χ2n) is 4.21. The average Bonchev–Trinajstić information content (AvgIpc) is 2.93. The molecule has 1 aromatic rings. The van der Waals surface area contributed by atoms with E-state index in [0.29, 0.717) is 0 Å². The molecule has 110 valence electrons. The molecule has 1 aromatic heterocycles. The van der Waals surface area contributed by atoms with Crippen LogP contribution in [-0.2, 0) is 7.05 Å². The fourth-order valence-electron chi connectivity index (χ4n) is 1.80. The summed E-state index contributed by atoms with van der Waals surface area (Å²) in [4.78, 5) is 12.0. The molecule has 0 bridgehead atoms. The van der Waals surface area contributed by atoms with Crippen molar-refractivity contribution in [1.82, 2.24) is 14.8 Å². The first-order valence-electron chi connectivity index (χ1n) is 5.46. The van der Waals surface area contributed by atoms with Crippen LogP contribution in [0.1, 0.15) is 16.9 Å². The molecule has 2 heterocycles. The lowest BCUT2D eigenvalue weighted by Crippen LogP contribution is -2.52. The van der Waals surface area contributed by atoms with Crippen molar-refractivity contribution in [3.63, 3.8) is 0 Å². The molecule has 0 radical (unpaired) electrons. The molecule has 0 unspecified atom stereocenters. The van der Waals surface area contributed by atoms with Gasteiger partial charge in [-0.05, 0) is 6.07 Å². The summed E-state index contributed by atoms with van der Waals surface area (Å²) in [6.07, 6.45) is -6.46. The summed E-state index contributed by atoms with van der Waals surface area (Å²) in [5, 5.41) is 16.6. The van der Waals surface area contributed by atoms with Crippen molar-refractivity contribution in [3.8, 4) is 0 Å². The Hall–Kier alpha value is -1.97. The van der Waals surface area contributed by atoms with Gasteiger partial charge >= 0.3 is 0 Å². The molecule has 0 saturated carbocycles. The summed E-state index contributed by atoms with van der Waals surface area (Å²) in [5.74, 6) is -1.14. The number of amides is 1. The number of hydrazone groups is 1. The normalized spacial score (nSPS) is 22.8. The zero-order chi connectivity index (χ0) is 15.1. The summed E-state index contributed by atoms with van der Waals surface area (Å²) in [7, 11) is 1.36. The highest BCUT2D eigenvalue weighted by Crippen LogP contribution is 2.34. The summed E-state index contributed by atoms with van der Waals surface area (Å²) in [6.45, 7) is 0. The van der Waals surface area contributed by atoms with Crippen LogP contribution in [0.2, 0.25) is 0 Å². The fraction of sp³-hybridized carbons (Fsp3) is 0.500. The molecule has 20 heavy (non-hydrogen) atoms. The minimum absolute atomic E-state index is 0.00380. The molecule has 0 fully saturated rings. The molecule has 0 spiro atoms. The molecule has 1 amide bonds. The van der Waals surface area contributed by atoms with Crippen molar-refractivity contribution in [2.75, 3.05) is 0 Å². The summed E-state index contributed by atoms with van der Waals surface area (Å²) in [6, 6.07) is 1.20. The Balaban J connectivity index is 2.40. The minimum Gasteiger partial charge on any atom is -0.364 e. The Labute approximate surface area is 110 Å². The maximum atomic E-state index is 12.9. The Morgan fingerprint density at radius 2 is 2.10 bits per heavy atom. The highest BCUT2D eigenvalue weighted by atomic mass is 19.3. The SMILES string of the molecule is Cn1nccc1C(=O)N1N=C(C(F)F)C[C@@]1(O)C(F)F. The molecule has 0 aliphatic carbocycles. The topological polar surface area (TPSA) is 70.7 Å². The van der Waals surface area contributed by atoms with Crippen molar-refractivity contribution in [2.24, 2.45) is 12.1 Å². The van der Waals surface area contributed by atoms with Gasteiger partial charge in [-0.3, -0.25) is 9.48 Å². The molecule has 1 aliphatic heterocycles. The molecule has 1 aliphatic rings. The number of carbonyl (C=O) groups is 1. The molecule has 0 aromatic carbocycles. The van der Waals surface area contributed by atoms with Gasteiger partial charge < -0.3 is 5.11 Å². The average molecular weight is 294 g/mol. The molecule has 6 nitrogen and oxygen atoms in total. The highest BCUT2D eigenvalue weighted by molar-refractivity contribution is 5.98. The van der Waals surface area contributed by atoms with E-state index in [1.165, 1.54) is 19.3 Å². The van der Waals surface area contributed by atoms with Crippen molar-refractivity contribution < 1.29 is 27.5 Å². The number of hydrogen-bond acceptors (Lipinski definition) is 4. The van der Waals surface area contributed by atoms with E-state index in [1.54, 1.807) is 0 Å². The van der Waals surface area contributed by atoms with Gasteiger partial charge in [0.25, 0.3) is 18.8 Å². The van der Waals surface area contributed by atoms with E-state index in [4.69, 9.17) is 0 Å². The lowest BCUT2D eigenvalue weighted by molar-refractivity contribution is -0.164. The second kappa shape index (κ2) is 4.85. The van der Waals surface area contributed by atoms with Gasteiger partial charge in [-0.2, -0.15) is 15.2 Å². The van der Waals surface area contributed by atoms with Gasteiger partial charge in [0, 0.05) is 19.7 Å². The zero-order valence-corrected chi connectivity index (χ0v) is 10.2. The number of halogens is 4. The third kappa shape index (κ3) is 2.15. The monoisotopic (exact) mass is 294 g/mol. The second-order valence-corrected chi connectivity index (χ2v) is 4.21. The lowest BCUT2D eigenvalue weighted by Gasteiger charge is -2.29. The number of aryl methyl sites for hydroxylation is 1. The van der Waals surface area contributed by atoms with E-state index < -0.39 is 36.6 Å². The van der Waals surface area contributed by atoms with Gasteiger partial charge in [-0.15, -0.1) is 0 Å². The Morgan fingerprint density at radius 1 is 1.45 bits per heavy atom. The molecule has 10 heteroatoms. The number of alkyl halides is 4. The largest absolute Gasteiger partial charge is 0.364 e. The van der Waals surface area contributed by atoms with Gasteiger partial charge in [0.15, 0.2) is 0 Å². The summed E-state index contributed by atoms with van der Waals surface area (Å²) >= 11 is 0. The smallest absolute Gasteiger partial charge is 0.295 e. The first-order chi connectivity index (χ1) is 9.27. The van der Waals surface area contributed by atoms with E-state index in [1.807, 2.05) is 0 Å². The molecule has 1 N–H and O–H groups in total. The van der Waals surface area contributed by atoms with Crippen LogP contribution in [0.3, 0.4) is 0 Å². The number of hydrogen-bond donors (Lipinski definition) is 1. The Bertz CT molecular complexity index is 559. The van der Waals surface area contributed by atoms with Gasteiger partial charge in [0.1, 0.15) is 11.4 Å². The van der Waals surface area contributed by atoms with E-state index >= 15 is 0 Å². The maximum absolute atomic E-state index is 12.9. The predicted molar refractivity (Wildman–Crippen MR) is 58.4 cm³/mol. The first kappa shape index (κ1) is 14.4. The highest BCUT2D eigenvalue weighted by Gasteiger charge is 2.53. The number of aromatic nitrogens is 2. The molecule has 0 saturated heterocycles. The Morgan fingerprint density at radius 3 is 2.55 bits per heavy atom. The van der Waals surface area contributed by atoms with Crippen LogP contribution >= 0.6 is 0 Å². The van der Waals surface area contributed by atoms with Crippen molar-refractivity contribution in [1.29, 1.82) is 0 Å². The predicted octanol–water partition coefficient (Wildman–Crippen LogP) is 0.841. The summed E-state index contributed by atoms with van der Waals surface area (Å²) in [5.41, 5.74) is -4.21. The fourth-order valence-corrected chi connectivity index (χ4v) is 1.80. The van der Waals surface area contributed by atoms with Crippen LogP contribution in [0.15, 0.2) is 17.4 Å². The van der Waals surface area contributed by atoms with Crippen molar-refractivity contribution >= 4 is 11.6 Å². The Kier molecular flexibility index (Phi) is 3.50. The van der Waals surface area contributed by atoms with Crippen molar-refractivity contribution in [3.05, 3.63) is 18.0 Å². The van der Waals surface area contributed by atoms with Crippen LogP contribution in [0.4, 0.5) is 17.6 Å². The van der Waals surface area contributed by atoms with E-state index in [9.17, 15) is 27.5 Å². The molecule has 2 rings (SSSR count). The molecule has 1 atom stereocenters. The quantitative estimate of drug-likeness (QED) is 0.840. The standard InChI is InChI=1S/C10H10F4N4O2/c1-17-6(2-3-15-17)8(19)18-10(20,9(13)14)4-5(16-18)7(11)12/h2-3,7,9,20H,4H2,1H3/t10-/m1/s1. The molecular formula is C10H10F4N4O2. The van der Waals surface area contributed by atoms with Crippen LogP contribution in [0.25, 0.3) is 0 Å². The van der Waals surface area contributed by atoms with Crippen LogP contribution in [0.5, 0.6) is 0 Å². The third-order valence-electron chi connectivity index (χ3n) is 2.87. The van der Waals surface area contributed by atoms with Gasteiger partial charge in [0.2, 0.25) is 5.72 Å². The first-order valence-corrected chi connectivity index (χ1v) is 5.46.